The van der Waals surface area contributed by atoms with E-state index in [1.807, 2.05) is 19.1 Å². The molecule has 2 unspecified atom stereocenters. The quantitative estimate of drug-likeness (QED) is 0.886. The highest BCUT2D eigenvalue weighted by Gasteiger charge is 2.38. The highest BCUT2D eigenvalue weighted by Crippen LogP contribution is 2.24. The lowest BCUT2D eigenvalue weighted by molar-refractivity contribution is 0.335. The maximum atomic E-state index is 11.5. The molecule has 2 heterocycles. The zero-order valence-corrected chi connectivity index (χ0v) is 11.8. The first-order chi connectivity index (χ1) is 8.39. The Kier molecular flexibility index (Phi) is 3.82. The van der Waals surface area contributed by atoms with Crippen LogP contribution in [-0.2, 0) is 16.3 Å². The van der Waals surface area contributed by atoms with E-state index in [-0.39, 0.29) is 17.3 Å². The van der Waals surface area contributed by atoms with Crippen LogP contribution in [0.5, 0.6) is 0 Å². The molecule has 0 saturated carbocycles. The molecular formula is C13H21NO3S. The van der Waals surface area contributed by atoms with Crippen LogP contribution in [0.4, 0.5) is 0 Å². The van der Waals surface area contributed by atoms with Crippen LogP contribution >= 0.6 is 0 Å². The van der Waals surface area contributed by atoms with Gasteiger partial charge in [0.2, 0.25) is 0 Å². The number of hydrogen-bond acceptors (Lipinski definition) is 4. The van der Waals surface area contributed by atoms with E-state index in [9.17, 15) is 8.42 Å². The minimum absolute atomic E-state index is 0.255. The van der Waals surface area contributed by atoms with E-state index in [0.717, 1.165) is 18.6 Å². The second-order valence-electron chi connectivity index (χ2n) is 5.57. The number of rotatable bonds is 5. The summed E-state index contributed by atoms with van der Waals surface area (Å²) < 4.78 is 28.3. The Morgan fingerprint density at radius 2 is 2.33 bits per heavy atom. The molecule has 0 aromatic carbocycles. The van der Waals surface area contributed by atoms with Gasteiger partial charge in [0.05, 0.1) is 17.8 Å². The standard InChI is InChI=1S/C13H21NO3S/c1-11(5-6-12-4-3-8-17-12)14-13(2)7-9-18(15,16)10-13/h3-4,8,11,14H,5-7,9-10H2,1-2H3. The molecule has 18 heavy (non-hydrogen) atoms. The summed E-state index contributed by atoms with van der Waals surface area (Å²) in [5, 5.41) is 3.45. The fourth-order valence-electron chi connectivity index (χ4n) is 2.60. The van der Waals surface area contributed by atoms with Gasteiger partial charge in [-0.2, -0.15) is 0 Å². The summed E-state index contributed by atoms with van der Waals surface area (Å²) in [5.74, 6) is 1.54. The number of sulfone groups is 1. The molecule has 2 atom stereocenters. The van der Waals surface area contributed by atoms with Crippen molar-refractivity contribution in [2.45, 2.75) is 44.7 Å². The Labute approximate surface area is 109 Å². The molecular weight excluding hydrogens is 250 g/mol. The van der Waals surface area contributed by atoms with Gasteiger partial charge in [0.25, 0.3) is 0 Å². The van der Waals surface area contributed by atoms with Gasteiger partial charge < -0.3 is 9.73 Å². The predicted octanol–water partition coefficient (Wildman–Crippen LogP) is 1.77. The van der Waals surface area contributed by atoms with E-state index in [1.165, 1.54) is 0 Å². The molecule has 0 amide bonds. The third kappa shape index (κ3) is 3.59. The van der Waals surface area contributed by atoms with Crippen LogP contribution in [0.25, 0.3) is 0 Å². The summed E-state index contributed by atoms with van der Waals surface area (Å²) in [7, 11) is -2.84. The molecule has 1 aromatic rings. The lowest BCUT2D eigenvalue weighted by Gasteiger charge is -2.28. The van der Waals surface area contributed by atoms with Crippen molar-refractivity contribution in [3.05, 3.63) is 24.2 Å². The third-order valence-corrected chi connectivity index (χ3v) is 5.41. The smallest absolute Gasteiger partial charge is 0.152 e. The predicted molar refractivity (Wildman–Crippen MR) is 71.3 cm³/mol. The van der Waals surface area contributed by atoms with Gasteiger partial charge in [-0.3, -0.25) is 0 Å². The van der Waals surface area contributed by atoms with Gasteiger partial charge in [-0.25, -0.2) is 8.42 Å². The third-order valence-electron chi connectivity index (χ3n) is 3.50. The molecule has 0 spiro atoms. The molecule has 1 aliphatic heterocycles. The molecule has 102 valence electrons. The fourth-order valence-corrected chi connectivity index (χ4v) is 4.71. The maximum absolute atomic E-state index is 11.5. The first-order valence-corrected chi connectivity index (χ1v) is 8.21. The second kappa shape index (κ2) is 5.05. The normalized spacial score (nSPS) is 28.3. The van der Waals surface area contributed by atoms with Crippen molar-refractivity contribution in [3.8, 4) is 0 Å². The number of hydrogen-bond donors (Lipinski definition) is 1. The molecule has 2 rings (SSSR count). The first-order valence-electron chi connectivity index (χ1n) is 6.39. The molecule has 5 heteroatoms. The van der Waals surface area contributed by atoms with E-state index < -0.39 is 9.84 Å². The van der Waals surface area contributed by atoms with Crippen molar-refractivity contribution in [1.29, 1.82) is 0 Å². The number of furan rings is 1. The van der Waals surface area contributed by atoms with Crippen molar-refractivity contribution in [1.82, 2.24) is 5.32 Å². The van der Waals surface area contributed by atoms with Gasteiger partial charge in [-0.05, 0) is 38.8 Å². The SMILES string of the molecule is CC(CCc1ccco1)NC1(C)CCS(=O)(=O)C1. The van der Waals surface area contributed by atoms with Gasteiger partial charge in [-0.15, -0.1) is 0 Å². The largest absolute Gasteiger partial charge is 0.469 e. The van der Waals surface area contributed by atoms with Gasteiger partial charge in [0, 0.05) is 18.0 Å². The molecule has 1 fully saturated rings. The molecule has 0 bridgehead atoms. The van der Waals surface area contributed by atoms with E-state index in [4.69, 9.17) is 4.42 Å². The monoisotopic (exact) mass is 271 g/mol. The fraction of sp³-hybridized carbons (Fsp3) is 0.692. The van der Waals surface area contributed by atoms with Crippen molar-refractivity contribution < 1.29 is 12.8 Å². The summed E-state index contributed by atoms with van der Waals surface area (Å²) in [6.07, 6.45) is 4.21. The van der Waals surface area contributed by atoms with Crippen LogP contribution in [0.15, 0.2) is 22.8 Å². The van der Waals surface area contributed by atoms with Crippen molar-refractivity contribution in [2.75, 3.05) is 11.5 Å². The highest BCUT2D eigenvalue weighted by atomic mass is 32.2. The molecule has 1 N–H and O–H groups in total. The Bertz CT molecular complexity index is 480. The van der Waals surface area contributed by atoms with Crippen molar-refractivity contribution in [2.24, 2.45) is 0 Å². The summed E-state index contributed by atoms with van der Waals surface area (Å²) in [6, 6.07) is 4.14. The van der Waals surface area contributed by atoms with E-state index >= 15 is 0 Å². The van der Waals surface area contributed by atoms with E-state index in [2.05, 4.69) is 12.2 Å². The molecule has 1 saturated heterocycles. The Hall–Kier alpha value is -0.810. The van der Waals surface area contributed by atoms with Gasteiger partial charge in [0.1, 0.15) is 5.76 Å². The van der Waals surface area contributed by atoms with Crippen molar-refractivity contribution in [3.63, 3.8) is 0 Å². The average molecular weight is 271 g/mol. The summed E-state index contributed by atoms with van der Waals surface area (Å²) in [5.41, 5.74) is -0.262. The average Bonchev–Trinajstić information content (AvgIpc) is 2.84. The molecule has 1 aromatic heterocycles. The lowest BCUT2D eigenvalue weighted by Crippen LogP contribution is -2.48. The summed E-state index contributed by atoms with van der Waals surface area (Å²) >= 11 is 0. The molecule has 4 nitrogen and oxygen atoms in total. The minimum atomic E-state index is -2.84. The van der Waals surface area contributed by atoms with Crippen LogP contribution in [0, 0.1) is 0 Å². The van der Waals surface area contributed by atoms with Crippen molar-refractivity contribution >= 4 is 9.84 Å². The van der Waals surface area contributed by atoms with Crippen LogP contribution in [0.2, 0.25) is 0 Å². The topological polar surface area (TPSA) is 59.3 Å². The second-order valence-corrected chi connectivity index (χ2v) is 7.75. The van der Waals surface area contributed by atoms with Crippen LogP contribution in [0.1, 0.15) is 32.4 Å². The zero-order chi connectivity index (χ0) is 13.2. The van der Waals surface area contributed by atoms with Gasteiger partial charge in [0.15, 0.2) is 9.84 Å². The Morgan fingerprint density at radius 1 is 1.56 bits per heavy atom. The first kappa shape index (κ1) is 13.6. The summed E-state index contributed by atoms with van der Waals surface area (Å²) in [6.45, 7) is 4.10. The Morgan fingerprint density at radius 3 is 2.89 bits per heavy atom. The minimum Gasteiger partial charge on any atom is -0.469 e. The maximum Gasteiger partial charge on any atom is 0.152 e. The highest BCUT2D eigenvalue weighted by molar-refractivity contribution is 7.91. The van der Waals surface area contributed by atoms with E-state index in [1.54, 1.807) is 6.26 Å². The van der Waals surface area contributed by atoms with Gasteiger partial charge in [-0.1, -0.05) is 0 Å². The number of aryl methyl sites for hydroxylation is 1. The van der Waals surface area contributed by atoms with E-state index in [0.29, 0.717) is 12.2 Å². The summed E-state index contributed by atoms with van der Waals surface area (Å²) in [4.78, 5) is 0. The molecule has 0 aliphatic carbocycles. The zero-order valence-electron chi connectivity index (χ0n) is 11.0. The number of nitrogens with one attached hydrogen (secondary N) is 1. The molecule has 0 radical (unpaired) electrons. The lowest BCUT2D eigenvalue weighted by atomic mass is 9.99. The van der Waals surface area contributed by atoms with Crippen LogP contribution < -0.4 is 5.32 Å². The van der Waals surface area contributed by atoms with Gasteiger partial charge >= 0.3 is 0 Å². The Balaban J connectivity index is 1.82. The van der Waals surface area contributed by atoms with Crippen LogP contribution in [0.3, 0.4) is 0 Å². The molecule has 1 aliphatic rings. The van der Waals surface area contributed by atoms with Crippen LogP contribution in [-0.4, -0.2) is 31.5 Å².